The van der Waals surface area contributed by atoms with Gasteiger partial charge in [-0.25, -0.2) is 0 Å². The Morgan fingerprint density at radius 2 is 1.23 bits per heavy atom. The quantitative estimate of drug-likeness (QED) is 0.111. The van der Waals surface area contributed by atoms with Gasteiger partial charge in [-0.2, -0.15) is 0 Å². The van der Waals surface area contributed by atoms with Gasteiger partial charge in [0, 0.05) is 37.9 Å². The molecule has 40 heavy (non-hydrogen) atoms. The van der Waals surface area contributed by atoms with Gasteiger partial charge in [0.15, 0.2) is 5.79 Å². The second-order valence-electron chi connectivity index (χ2n) is 12.3. The molecule has 1 atom stereocenters. The maximum absolute atomic E-state index is 12.6. The predicted molar refractivity (Wildman–Crippen MR) is 162 cm³/mol. The third kappa shape index (κ3) is 17.7. The average molecular weight is 566 g/mol. The minimum atomic E-state index is -0.816. The monoisotopic (exact) mass is 565 g/mol. The number of allylic oxidation sites excluding steroid dienone is 2. The van der Waals surface area contributed by atoms with Gasteiger partial charge in [0.25, 0.3) is 0 Å². The smallest absolute Gasteiger partial charge is 0.249 e. The van der Waals surface area contributed by atoms with Crippen LogP contribution < -0.4 is 16.0 Å². The van der Waals surface area contributed by atoms with Gasteiger partial charge in [-0.05, 0) is 46.0 Å². The Labute approximate surface area is 244 Å². The van der Waals surface area contributed by atoms with Crippen molar-refractivity contribution in [3.8, 4) is 0 Å². The highest BCUT2D eigenvalue weighted by atomic mass is 16.7. The Balaban J connectivity index is 1.95. The van der Waals surface area contributed by atoms with Crippen LogP contribution in [0.15, 0.2) is 12.2 Å². The largest absolute Gasteiger partial charge is 0.354 e. The van der Waals surface area contributed by atoms with Crippen LogP contribution in [0, 0.1) is 5.41 Å². The third-order valence-corrected chi connectivity index (χ3v) is 7.23. The molecule has 8 nitrogen and oxygen atoms in total. The van der Waals surface area contributed by atoms with Crippen molar-refractivity contribution in [2.45, 2.75) is 143 Å². The number of hydrogen-bond acceptors (Lipinski definition) is 5. The summed E-state index contributed by atoms with van der Waals surface area (Å²) in [7, 11) is 0. The van der Waals surface area contributed by atoms with Crippen LogP contribution >= 0.6 is 0 Å². The van der Waals surface area contributed by atoms with E-state index in [-0.39, 0.29) is 30.7 Å². The molecule has 232 valence electrons. The van der Waals surface area contributed by atoms with E-state index in [1.165, 1.54) is 64.2 Å². The SMILES string of the molecule is CCCCCCCC/C=C/CCCCCCCC(=O)NCCNC(=O)CCNC(=O)C1OC(C)(C)OCC1(C)C. The van der Waals surface area contributed by atoms with Crippen LogP contribution in [0.4, 0.5) is 0 Å². The van der Waals surface area contributed by atoms with Gasteiger partial charge in [-0.15, -0.1) is 0 Å². The van der Waals surface area contributed by atoms with E-state index in [2.05, 4.69) is 35.0 Å². The van der Waals surface area contributed by atoms with E-state index in [1.54, 1.807) is 13.8 Å². The van der Waals surface area contributed by atoms with Gasteiger partial charge in [0.1, 0.15) is 6.10 Å². The van der Waals surface area contributed by atoms with Crippen molar-refractivity contribution in [2.75, 3.05) is 26.2 Å². The summed E-state index contributed by atoms with van der Waals surface area (Å²) in [6, 6.07) is 0. The number of rotatable bonds is 22. The molecule has 0 aromatic rings. The second-order valence-corrected chi connectivity index (χ2v) is 12.3. The molecule has 0 radical (unpaired) electrons. The van der Waals surface area contributed by atoms with Crippen molar-refractivity contribution >= 4 is 17.7 Å². The molecule has 0 aromatic carbocycles. The number of nitrogens with one attached hydrogen (secondary N) is 3. The van der Waals surface area contributed by atoms with Crippen LogP contribution in [0.25, 0.3) is 0 Å². The summed E-state index contributed by atoms with van der Waals surface area (Å²) >= 11 is 0. The Kier molecular flexibility index (Phi) is 18.8. The third-order valence-electron chi connectivity index (χ3n) is 7.23. The van der Waals surface area contributed by atoms with Crippen molar-refractivity contribution in [1.29, 1.82) is 0 Å². The zero-order valence-corrected chi connectivity index (χ0v) is 26.2. The minimum absolute atomic E-state index is 0.0288. The molecule has 0 bridgehead atoms. The van der Waals surface area contributed by atoms with Crippen molar-refractivity contribution in [1.82, 2.24) is 16.0 Å². The van der Waals surface area contributed by atoms with E-state index in [4.69, 9.17) is 9.47 Å². The summed E-state index contributed by atoms with van der Waals surface area (Å²) < 4.78 is 11.5. The molecule has 1 aliphatic heterocycles. The van der Waals surface area contributed by atoms with E-state index in [1.807, 2.05) is 13.8 Å². The van der Waals surface area contributed by atoms with Crippen molar-refractivity contribution in [3.05, 3.63) is 12.2 Å². The molecule has 1 saturated heterocycles. The van der Waals surface area contributed by atoms with Crippen molar-refractivity contribution in [3.63, 3.8) is 0 Å². The lowest BCUT2D eigenvalue weighted by Crippen LogP contribution is -2.56. The summed E-state index contributed by atoms with van der Waals surface area (Å²) in [6.07, 6.45) is 20.8. The molecule has 1 unspecified atom stereocenters. The van der Waals surface area contributed by atoms with Crippen LogP contribution in [-0.4, -0.2) is 55.9 Å². The molecule has 0 spiro atoms. The molecule has 0 saturated carbocycles. The van der Waals surface area contributed by atoms with Crippen LogP contribution in [0.2, 0.25) is 0 Å². The van der Waals surface area contributed by atoms with Gasteiger partial charge >= 0.3 is 0 Å². The van der Waals surface area contributed by atoms with Crippen molar-refractivity contribution < 1.29 is 23.9 Å². The highest BCUT2D eigenvalue weighted by Crippen LogP contribution is 2.34. The van der Waals surface area contributed by atoms with Gasteiger partial charge in [-0.3, -0.25) is 14.4 Å². The number of carbonyl (C=O) groups excluding carboxylic acids is 3. The highest BCUT2D eigenvalue weighted by Gasteiger charge is 2.45. The maximum atomic E-state index is 12.6. The lowest BCUT2D eigenvalue weighted by molar-refractivity contribution is -0.304. The Hall–Kier alpha value is -1.93. The van der Waals surface area contributed by atoms with Crippen molar-refractivity contribution in [2.24, 2.45) is 5.41 Å². The second kappa shape index (κ2) is 20.9. The van der Waals surface area contributed by atoms with Crippen LogP contribution in [0.5, 0.6) is 0 Å². The molecule has 8 heteroatoms. The van der Waals surface area contributed by atoms with E-state index < -0.39 is 17.3 Å². The predicted octanol–water partition coefficient (Wildman–Crippen LogP) is 5.94. The van der Waals surface area contributed by atoms with Gasteiger partial charge < -0.3 is 25.4 Å². The lowest BCUT2D eigenvalue weighted by atomic mass is 9.85. The molecule has 0 aliphatic carbocycles. The molecule has 1 rings (SSSR count). The van der Waals surface area contributed by atoms with E-state index >= 15 is 0 Å². The Morgan fingerprint density at radius 1 is 0.700 bits per heavy atom. The van der Waals surface area contributed by atoms with Crippen LogP contribution in [0.3, 0.4) is 0 Å². The summed E-state index contributed by atoms with van der Waals surface area (Å²) in [6.45, 7) is 11.1. The maximum Gasteiger partial charge on any atom is 0.249 e. The van der Waals surface area contributed by atoms with Crippen LogP contribution in [-0.2, 0) is 23.9 Å². The number of amides is 3. The molecular weight excluding hydrogens is 506 g/mol. The molecule has 1 aliphatic rings. The first-order valence-electron chi connectivity index (χ1n) is 15.9. The molecule has 3 amide bonds. The van der Waals surface area contributed by atoms with Gasteiger partial charge in [0.05, 0.1) is 6.61 Å². The number of unbranched alkanes of at least 4 members (excludes halogenated alkanes) is 11. The Morgan fingerprint density at radius 3 is 1.82 bits per heavy atom. The topological polar surface area (TPSA) is 106 Å². The number of ether oxygens (including phenoxy) is 2. The lowest BCUT2D eigenvalue weighted by Gasteiger charge is -2.44. The molecule has 1 fully saturated rings. The number of hydrogen-bond donors (Lipinski definition) is 3. The molecule has 0 aromatic heterocycles. The average Bonchev–Trinajstić information content (AvgIpc) is 2.90. The van der Waals surface area contributed by atoms with Gasteiger partial charge in [-0.1, -0.05) is 84.3 Å². The zero-order chi connectivity index (χ0) is 29.7. The van der Waals surface area contributed by atoms with E-state index in [0.717, 1.165) is 19.3 Å². The minimum Gasteiger partial charge on any atom is -0.354 e. The standard InChI is InChI=1S/C32H59N3O5/c1-6-7-8-9-10-11-12-13-14-15-16-17-18-19-20-21-27(36)33-24-25-34-28(37)22-23-35-30(38)29-31(2,3)26-39-32(4,5)40-29/h13-14,29H,6-12,15-26H2,1-5H3,(H,33,36)(H,34,37)(H,35,38)/b14-13+. The van der Waals surface area contributed by atoms with E-state index in [0.29, 0.717) is 26.1 Å². The molecule has 1 heterocycles. The first-order valence-corrected chi connectivity index (χ1v) is 15.9. The molecular formula is C32H59N3O5. The van der Waals surface area contributed by atoms with Crippen LogP contribution in [0.1, 0.15) is 131 Å². The zero-order valence-electron chi connectivity index (χ0n) is 26.2. The van der Waals surface area contributed by atoms with Gasteiger partial charge in [0.2, 0.25) is 17.7 Å². The van der Waals surface area contributed by atoms with E-state index in [9.17, 15) is 14.4 Å². The fourth-order valence-electron chi connectivity index (χ4n) is 4.65. The normalized spacial score (nSPS) is 18.0. The number of carbonyl (C=O) groups is 3. The summed E-state index contributed by atoms with van der Waals surface area (Å²) in [5, 5.41) is 8.44. The Bertz CT molecular complexity index is 751. The molecule has 3 N–H and O–H groups in total. The summed E-state index contributed by atoms with van der Waals surface area (Å²) in [5.74, 6) is -1.19. The highest BCUT2D eigenvalue weighted by molar-refractivity contribution is 5.83. The first-order chi connectivity index (χ1) is 19.1. The summed E-state index contributed by atoms with van der Waals surface area (Å²) in [4.78, 5) is 36.7. The fourth-order valence-corrected chi connectivity index (χ4v) is 4.65. The first kappa shape index (κ1) is 36.1. The fraction of sp³-hybridized carbons (Fsp3) is 0.844. The summed E-state index contributed by atoms with van der Waals surface area (Å²) in [5.41, 5.74) is -0.454.